The standard InChI is InChI=1S/C20H27F2NO4.C12H13F2NO2.C8H15BrO2.ClH/c1-20(2,3)27-18(24)6-5-9-23-11-15(16(12-23)19(25)26-4)14-8-7-13(21)10-17(14)22;1-17-12(16)10-6-15-5-9(10)8-3-2-7(13)4-11(8)14;1-8(2,3)11-7(10)5-4-6-9;/h7-8,10,15-16H,5-6,9,11-12H2,1-4H3;2-4,9-10,15H,5-6H2,1H3;4-6H2,1-3H3;1H/t15-,16+;9-,10+;;/m00../s1. The molecule has 0 amide bonds. The minimum Gasteiger partial charge on any atom is -0.469 e. The molecule has 2 fully saturated rings. The maximum Gasteiger partial charge on any atom is 0.310 e. The smallest absolute Gasteiger partial charge is 0.310 e. The molecule has 0 aromatic heterocycles. The van der Waals surface area contributed by atoms with Gasteiger partial charge in [-0.05, 0) is 84.2 Å². The minimum absolute atomic E-state index is 0. The third kappa shape index (κ3) is 17.5. The number of nitrogens with zero attached hydrogens (tertiary/aromatic N) is 1. The van der Waals surface area contributed by atoms with E-state index < -0.39 is 52.6 Å². The molecule has 0 spiro atoms. The second-order valence-corrected chi connectivity index (χ2v) is 16.1. The van der Waals surface area contributed by atoms with Crippen molar-refractivity contribution in [2.45, 2.75) is 90.3 Å². The zero-order valence-corrected chi connectivity index (χ0v) is 35.8. The first-order valence-corrected chi connectivity index (χ1v) is 19.3. The highest BCUT2D eigenvalue weighted by Gasteiger charge is 2.40. The fourth-order valence-electron chi connectivity index (χ4n) is 6.23. The number of nitrogens with one attached hydrogen (secondary N) is 1. The van der Waals surface area contributed by atoms with Crippen LogP contribution in [0.1, 0.15) is 90.2 Å². The Kier molecular flexibility index (Phi) is 21.6. The Morgan fingerprint density at radius 1 is 0.714 bits per heavy atom. The number of benzene rings is 2. The quantitative estimate of drug-likeness (QED) is 0.104. The fraction of sp³-hybridized carbons (Fsp3) is 0.600. The van der Waals surface area contributed by atoms with E-state index in [9.17, 15) is 36.7 Å². The van der Waals surface area contributed by atoms with E-state index in [0.29, 0.717) is 56.7 Å². The Labute approximate surface area is 342 Å². The van der Waals surface area contributed by atoms with Gasteiger partial charge < -0.3 is 29.2 Å². The van der Waals surface area contributed by atoms with E-state index in [0.717, 1.165) is 23.9 Å². The highest BCUT2D eigenvalue weighted by Crippen LogP contribution is 2.35. The number of ether oxygens (including phenoxy) is 4. The summed E-state index contributed by atoms with van der Waals surface area (Å²) in [5, 5.41) is 3.87. The highest BCUT2D eigenvalue weighted by atomic mass is 79.9. The zero-order chi connectivity index (χ0) is 41.5. The summed E-state index contributed by atoms with van der Waals surface area (Å²) in [6, 6.07) is 6.83. The Hall–Kier alpha value is -3.27. The minimum atomic E-state index is -0.662. The van der Waals surface area contributed by atoms with E-state index in [1.165, 1.54) is 38.5 Å². The van der Waals surface area contributed by atoms with Crippen LogP contribution in [0.5, 0.6) is 0 Å². The number of carbonyl (C=O) groups is 4. The third-order valence-electron chi connectivity index (χ3n) is 8.55. The summed E-state index contributed by atoms with van der Waals surface area (Å²) in [4.78, 5) is 48.4. The van der Waals surface area contributed by atoms with Gasteiger partial charge in [0.1, 0.15) is 34.5 Å². The van der Waals surface area contributed by atoms with E-state index in [1.54, 1.807) is 0 Å². The van der Waals surface area contributed by atoms with Crippen molar-refractivity contribution in [3.05, 3.63) is 70.8 Å². The first kappa shape index (κ1) is 50.7. The SMILES string of the molecule is CC(C)(C)OC(=O)CCCBr.COC(=O)[C@@H]1CN(CCCC(=O)OC(C)(C)C)C[C@H]1c1ccc(F)cc1F.COC(=O)[C@@H]1CNC[C@H]1c1ccc(F)cc1F.Cl. The molecule has 10 nitrogen and oxygen atoms in total. The summed E-state index contributed by atoms with van der Waals surface area (Å²) in [6.07, 6.45) is 2.19. The number of likely N-dealkylation sites (tertiary alicyclic amines) is 1. The molecule has 56 heavy (non-hydrogen) atoms. The lowest BCUT2D eigenvalue weighted by molar-refractivity contribution is -0.156. The molecule has 4 atom stereocenters. The van der Waals surface area contributed by atoms with Gasteiger partial charge >= 0.3 is 23.9 Å². The molecule has 316 valence electrons. The van der Waals surface area contributed by atoms with Gasteiger partial charge in [0.25, 0.3) is 0 Å². The molecule has 2 aliphatic rings. The summed E-state index contributed by atoms with van der Waals surface area (Å²) >= 11 is 3.25. The molecule has 4 rings (SSSR count). The molecule has 2 aliphatic heterocycles. The lowest BCUT2D eigenvalue weighted by Gasteiger charge is -2.20. The van der Waals surface area contributed by atoms with Crippen LogP contribution < -0.4 is 5.32 Å². The molecule has 0 bridgehead atoms. The van der Waals surface area contributed by atoms with Crippen LogP contribution in [-0.2, 0) is 38.1 Å². The van der Waals surface area contributed by atoms with Crippen molar-refractivity contribution in [2.24, 2.45) is 11.8 Å². The summed E-state index contributed by atoms with van der Waals surface area (Å²) in [6.45, 7) is 13.4. The lowest BCUT2D eigenvalue weighted by Crippen LogP contribution is -2.27. The Balaban J connectivity index is 0.000000462. The van der Waals surface area contributed by atoms with Crippen LogP contribution in [0.3, 0.4) is 0 Å². The topological polar surface area (TPSA) is 120 Å². The molecule has 0 unspecified atom stereocenters. The van der Waals surface area contributed by atoms with Crippen LogP contribution in [0.2, 0.25) is 0 Å². The summed E-state index contributed by atoms with van der Waals surface area (Å²) in [5.74, 6) is -5.40. The van der Waals surface area contributed by atoms with Gasteiger partial charge in [-0.25, -0.2) is 17.6 Å². The summed E-state index contributed by atoms with van der Waals surface area (Å²) < 4.78 is 73.7. The number of esters is 4. The second-order valence-electron chi connectivity index (χ2n) is 15.3. The number of halogens is 6. The Bertz CT molecular complexity index is 1590. The van der Waals surface area contributed by atoms with Crippen molar-refractivity contribution < 1.29 is 55.7 Å². The van der Waals surface area contributed by atoms with Gasteiger partial charge in [-0.3, -0.25) is 19.2 Å². The molecule has 0 aliphatic carbocycles. The molecule has 2 saturated heterocycles. The third-order valence-corrected chi connectivity index (χ3v) is 9.11. The van der Waals surface area contributed by atoms with Crippen LogP contribution in [0.4, 0.5) is 17.6 Å². The van der Waals surface area contributed by atoms with Crippen molar-refractivity contribution in [2.75, 3.05) is 52.3 Å². The number of methoxy groups -OCH3 is 2. The molecular weight excluding hydrogens is 828 g/mol. The molecule has 2 aromatic rings. The van der Waals surface area contributed by atoms with Gasteiger partial charge in [0.05, 0.1) is 26.1 Å². The van der Waals surface area contributed by atoms with Crippen molar-refractivity contribution in [3.8, 4) is 0 Å². The van der Waals surface area contributed by atoms with Crippen LogP contribution in [-0.4, -0.2) is 92.3 Å². The first-order valence-electron chi connectivity index (χ1n) is 18.2. The summed E-state index contributed by atoms with van der Waals surface area (Å²) in [7, 11) is 2.60. The maximum absolute atomic E-state index is 14.2. The maximum atomic E-state index is 14.2. The van der Waals surface area contributed by atoms with E-state index in [-0.39, 0.29) is 48.3 Å². The fourth-order valence-corrected chi connectivity index (χ4v) is 6.51. The second kappa shape index (κ2) is 23.8. The predicted octanol–water partition coefficient (Wildman–Crippen LogP) is 7.64. The van der Waals surface area contributed by atoms with Crippen LogP contribution >= 0.6 is 28.3 Å². The molecule has 0 radical (unpaired) electrons. The zero-order valence-electron chi connectivity index (χ0n) is 33.4. The van der Waals surface area contributed by atoms with Crippen molar-refractivity contribution in [3.63, 3.8) is 0 Å². The number of alkyl halides is 1. The predicted molar refractivity (Wildman–Crippen MR) is 210 cm³/mol. The van der Waals surface area contributed by atoms with Gasteiger partial charge in [-0.15, -0.1) is 12.4 Å². The number of rotatable bonds is 11. The average Bonchev–Trinajstić information content (AvgIpc) is 3.74. The Morgan fingerprint density at radius 2 is 1.18 bits per heavy atom. The van der Waals surface area contributed by atoms with Crippen LogP contribution in [0.15, 0.2) is 36.4 Å². The number of hydrogen-bond donors (Lipinski definition) is 1. The van der Waals surface area contributed by atoms with Gasteiger partial charge in [0, 0.05) is 68.3 Å². The molecule has 1 N–H and O–H groups in total. The van der Waals surface area contributed by atoms with Gasteiger partial charge in [0.2, 0.25) is 0 Å². The van der Waals surface area contributed by atoms with E-state index in [1.807, 2.05) is 46.4 Å². The van der Waals surface area contributed by atoms with Gasteiger partial charge in [-0.1, -0.05) is 28.1 Å². The van der Waals surface area contributed by atoms with Gasteiger partial charge in [-0.2, -0.15) is 0 Å². The summed E-state index contributed by atoms with van der Waals surface area (Å²) in [5.41, 5.74) is -0.205. The molecular formula is C40H56BrClF4N2O8. The van der Waals surface area contributed by atoms with E-state index in [4.69, 9.17) is 14.2 Å². The number of carbonyl (C=O) groups excluding carboxylic acids is 4. The van der Waals surface area contributed by atoms with Crippen molar-refractivity contribution in [1.29, 1.82) is 0 Å². The van der Waals surface area contributed by atoms with E-state index in [2.05, 4.69) is 26.0 Å². The van der Waals surface area contributed by atoms with Crippen LogP contribution in [0, 0.1) is 35.1 Å². The lowest BCUT2D eigenvalue weighted by atomic mass is 9.88. The van der Waals surface area contributed by atoms with E-state index >= 15 is 0 Å². The Morgan fingerprint density at radius 3 is 1.62 bits per heavy atom. The average molecular weight is 884 g/mol. The number of hydrogen-bond acceptors (Lipinski definition) is 10. The van der Waals surface area contributed by atoms with Crippen molar-refractivity contribution >= 4 is 52.2 Å². The monoisotopic (exact) mass is 882 g/mol. The molecule has 2 aromatic carbocycles. The largest absolute Gasteiger partial charge is 0.469 e. The highest BCUT2D eigenvalue weighted by molar-refractivity contribution is 9.09. The van der Waals surface area contributed by atoms with Crippen molar-refractivity contribution in [1.82, 2.24) is 10.2 Å². The normalized spacial score (nSPS) is 19.3. The first-order chi connectivity index (χ1) is 25.7. The molecule has 0 saturated carbocycles. The van der Waals surface area contributed by atoms with Crippen LogP contribution in [0.25, 0.3) is 0 Å². The van der Waals surface area contributed by atoms with Gasteiger partial charge in [0.15, 0.2) is 0 Å². The molecule has 2 heterocycles. The molecule has 16 heteroatoms.